The van der Waals surface area contributed by atoms with Gasteiger partial charge in [-0.25, -0.2) is 0 Å². The average molecular weight is 482 g/mol. The number of benzene rings is 1. The first-order valence-electron chi connectivity index (χ1n) is 11.4. The van der Waals surface area contributed by atoms with Gasteiger partial charge in [-0.3, -0.25) is 19.6 Å². The molecule has 4 rings (SSSR count). The summed E-state index contributed by atoms with van der Waals surface area (Å²) in [6.07, 6.45) is 0. The molecular formula is C24H31N7O2S. The summed E-state index contributed by atoms with van der Waals surface area (Å²) in [7, 11) is 0. The van der Waals surface area contributed by atoms with Gasteiger partial charge in [-0.1, -0.05) is 44.2 Å². The Bertz CT molecular complexity index is 1190. The number of amides is 2. The normalized spacial score (nSPS) is 14.4. The Kier molecular flexibility index (Phi) is 6.70. The zero-order valence-corrected chi connectivity index (χ0v) is 21.1. The number of nitrogens with zero attached hydrogens (tertiary/aromatic N) is 6. The highest BCUT2D eigenvalue weighted by Crippen LogP contribution is 2.29. The number of carbonyl (C=O) groups excluding carboxylic acids is 2. The Morgan fingerprint density at radius 3 is 2.38 bits per heavy atom. The van der Waals surface area contributed by atoms with Gasteiger partial charge in [0.05, 0.1) is 11.3 Å². The quantitative estimate of drug-likeness (QED) is 0.601. The van der Waals surface area contributed by atoms with Gasteiger partial charge in [0.25, 0.3) is 5.91 Å². The van der Waals surface area contributed by atoms with Crippen LogP contribution in [0.1, 0.15) is 47.5 Å². The molecule has 1 aliphatic heterocycles. The summed E-state index contributed by atoms with van der Waals surface area (Å²) in [6.45, 7) is 12.8. The van der Waals surface area contributed by atoms with Crippen molar-refractivity contribution in [2.75, 3.05) is 36.4 Å². The monoisotopic (exact) mass is 481 g/mol. The van der Waals surface area contributed by atoms with Crippen LogP contribution in [0.3, 0.4) is 0 Å². The van der Waals surface area contributed by atoms with E-state index in [0.29, 0.717) is 36.9 Å². The van der Waals surface area contributed by atoms with E-state index < -0.39 is 0 Å². The molecule has 180 valence electrons. The number of hydrogen-bond acceptors (Lipinski definition) is 7. The van der Waals surface area contributed by atoms with Gasteiger partial charge < -0.3 is 9.80 Å². The minimum Gasteiger partial charge on any atom is -0.367 e. The molecule has 0 unspecified atom stereocenters. The second kappa shape index (κ2) is 9.54. The highest BCUT2D eigenvalue weighted by molar-refractivity contribution is 7.15. The van der Waals surface area contributed by atoms with Crippen molar-refractivity contribution in [3.8, 4) is 0 Å². The lowest BCUT2D eigenvalue weighted by molar-refractivity contribution is -0.132. The second-order valence-electron chi connectivity index (χ2n) is 9.59. The first-order valence-corrected chi connectivity index (χ1v) is 12.2. The number of nitrogens with one attached hydrogen (secondary N) is 1. The van der Waals surface area contributed by atoms with Crippen molar-refractivity contribution in [1.82, 2.24) is 24.9 Å². The Hall–Kier alpha value is -3.27. The third-order valence-corrected chi connectivity index (χ3v) is 7.06. The number of aryl methyl sites for hydroxylation is 2. The molecule has 1 aliphatic rings. The van der Waals surface area contributed by atoms with Crippen molar-refractivity contribution in [2.45, 2.75) is 46.6 Å². The minimum atomic E-state index is -0.213. The molecule has 0 saturated carbocycles. The summed E-state index contributed by atoms with van der Waals surface area (Å²) < 4.78 is 1.75. The third kappa shape index (κ3) is 5.27. The van der Waals surface area contributed by atoms with Gasteiger partial charge in [-0.15, -0.1) is 10.2 Å². The molecule has 3 aromatic rings. The zero-order valence-electron chi connectivity index (χ0n) is 20.3. The van der Waals surface area contributed by atoms with Crippen LogP contribution in [0.2, 0.25) is 0 Å². The minimum absolute atomic E-state index is 0.0581. The summed E-state index contributed by atoms with van der Waals surface area (Å²) in [6, 6.07) is 9.51. The Morgan fingerprint density at radius 1 is 1.06 bits per heavy atom. The molecular weight excluding hydrogens is 450 g/mol. The van der Waals surface area contributed by atoms with Gasteiger partial charge in [-0.2, -0.15) is 5.10 Å². The van der Waals surface area contributed by atoms with Crippen LogP contribution >= 0.6 is 11.3 Å². The predicted molar refractivity (Wildman–Crippen MR) is 133 cm³/mol. The smallest absolute Gasteiger partial charge is 0.259 e. The Morgan fingerprint density at radius 2 is 1.76 bits per heavy atom. The fraction of sp³-hybridized carbons (Fsp3) is 0.458. The van der Waals surface area contributed by atoms with Crippen molar-refractivity contribution in [2.24, 2.45) is 0 Å². The maximum atomic E-state index is 13.1. The van der Waals surface area contributed by atoms with Crippen molar-refractivity contribution in [3.63, 3.8) is 0 Å². The third-order valence-electron chi connectivity index (χ3n) is 5.80. The van der Waals surface area contributed by atoms with E-state index in [1.165, 1.54) is 11.3 Å². The molecule has 2 aromatic heterocycles. The Labute approximate surface area is 203 Å². The van der Waals surface area contributed by atoms with E-state index in [2.05, 4.69) is 46.3 Å². The fourth-order valence-electron chi connectivity index (χ4n) is 3.94. The molecule has 1 saturated heterocycles. The highest BCUT2D eigenvalue weighted by Gasteiger charge is 2.25. The van der Waals surface area contributed by atoms with Crippen LogP contribution in [-0.2, 0) is 16.8 Å². The molecule has 34 heavy (non-hydrogen) atoms. The van der Waals surface area contributed by atoms with Crippen molar-refractivity contribution in [1.29, 1.82) is 0 Å². The molecule has 0 atom stereocenters. The highest BCUT2D eigenvalue weighted by atomic mass is 32.1. The molecule has 0 radical (unpaired) electrons. The van der Waals surface area contributed by atoms with Crippen LogP contribution < -0.4 is 10.2 Å². The topological polar surface area (TPSA) is 96.2 Å². The molecule has 3 heterocycles. The van der Waals surface area contributed by atoms with Gasteiger partial charge in [0, 0.05) is 43.0 Å². The summed E-state index contributed by atoms with van der Waals surface area (Å²) in [4.78, 5) is 29.9. The number of piperazine rings is 1. The number of rotatable bonds is 5. The number of aromatic nitrogens is 4. The first kappa shape index (κ1) is 23.9. The van der Waals surface area contributed by atoms with Crippen molar-refractivity contribution in [3.05, 3.63) is 52.3 Å². The first-order chi connectivity index (χ1) is 16.1. The van der Waals surface area contributed by atoms with Crippen LogP contribution in [0.15, 0.2) is 30.3 Å². The van der Waals surface area contributed by atoms with E-state index >= 15 is 0 Å². The van der Waals surface area contributed by atoms with Gasteiger partial charge in [0.2, 0.25) is 11.0 Å². The van der Waals surface area contributed by atoms with E-state index in [4.69, 9.17) is 0 Å². The lowest BCUT2D eigenvalue weighted by Gasteiger charge is -2.36. The summed E-state index contributed by atoms with van der Waals surface area (Å²) in [5, 5.41) is 17.0. The van der Waals surface area contributed by atoms with E-state index in [0.717, 1.165) is 22.1 Å². The zero-order chi connectivity index (χ0) is 24.5. The lowest BCUT2D eigenvalue weighted by atomic mass is 9.98. The van der Waals surface area contributed by atoms with E-state index in [-0.39, 0.29) is 23.8 Å². The molecule has 1 N–H and O–H groups in total. The van der Waals surface area contributed by atoms with Crippen molar-refractivity contribution < 1.29 is 9.59 Å². The van der Waals surface area contributed by atoms with Gasteiger partial charge >= 0.3 is 0 Å². The molecule has 0 spiro atoms. The molecule has 2 amide bonds. The summed E-state index contributed by atoms with van der Waals surface area (Å²) in [5.41, 5.74) is 3.20. The van der Waals surface area contributed by atoms with Gasteiger partial charge in [0.1, 0.15) is 11.6 Å². The van der Waals surface area contributed by atoms with Gasteiger partial charge in [-0.05, 0) is 32.0 Å². The van der Waals surface area contributed by atoms with Crippen LogP contribution in [-0.4, -0.2) is 62.9 Å². The number of hydrogen-bond donors (Lipinski definition) is 1. The fourth-order valence-corrected chi connectivity index (χ4v) is 4.74. The molecule has 10 heteroatoms. The van der Waals surface area contributed by atoms with E-state index in [1.807, 2.05) is 49.1 Å². The molecule has 0 bridgehead atoms. The maximum Gasteiger partial charge on any atom is 0.259 e. The summed E-state index contributed by atoms with van der Waals surface area (Å²) in [5.74, 6) is -0.155. The standard InChI is InChI=1S/C24H31N7O2S/c1-16-14-17(2)31(28-16)15-20(32)30-12-10-29(11-13-30)19-9-7-6-8-18(19)21(33)25-23-27-26-22(34-23)24(3,4)5/h6-9,14H,10-13,15H2,1-5H3,(H,25,27,33). The maximum absolute atomic E-state index is 13.1. The second-order valence-corrected chi connectivity index (χ2v) is 10.6. The van der Waals surface area contributed by atoms with Crippen LogP contribution in [0.25, 0.3) is 0 Å². The molecule has 9 nitrogen and oxygen atoms in total. The van der Waals surface area contributed by atoms with Crippen LogP contribution in [0.5, 0.6) is 0 Å². The molecule has 1 aromatic carbocycles. The van der Waals surface area contributed by atoms with E-state index in [9.17, 15) is 9.59 Å². The van der Waals surface area contributed by atoms with Gasteiger partial charge in [0.15, 0.2) is 0 Å². The van der Waals surface area contributed by atoms with Crippen LogP contribution in [0.4, 0.5) is 10.8 Å². The number of para-hydroxylation sites is 1. The average Bonchev–Trinajstić information content (AvgIpc) is 3.39. The largest absolute Gasteiger partial charge is 0.367 e. The van der Waals surface area contributed by atoms with E-state index in [1.54, 1.807) is 4.68 Å². The number of carbonyl (C=O) groups is 2. The lowest BCUT2D eigenvalue weighted by Crippen LogP contribution is -2.50. The molecule has 0 aliphatic carbocycles. The van der Waals surface area contributed by atoms with Crippen LogP contribution in [0, 0.1) is 13.8 Å². The SMILES string of the molecule is Cc1cc(C)n(CC(=O)N2CCN(c3ccccc3C(=O)Nc3nnc(C(C)(C)C)s3)CC2)n1. The number of anilines is 2. The Balaban J connectivity index is 1.40. The van der Waals surface area contributed by atoms with Crippen molar-refractivity contribution >= 4 is 34.0 Å². The molecule has 1 fully saturated rings. The summed E-state index contributed by atoms with van der Waals surface area (Å²) >= 11 is 1.39. The predicted octanol–water partition coefficient (Wildman–Crippen LogP) is 3.25.